The van der Waals surface area contributed by atoms with Gasteiger partial charge in [-0.3, -0.25) is 9.59 Å². The van der Waals surface area contributed by atoms with Crippen LogP contribution in [0.2, 0.25) is 0 Å². The lowest BCUT2D eigenvalue weighted by Gasteiger charge is -2.41. The highest BCUT2D eigenvalue weighted by Gasteiger charge is 2.35. The van der Waals surface area contributed by atoms with E-state index in [1.807, 2.05) is 0 Å². The zero-order valence-corrected chi connectivity index (χ0v) is 11.6. The van der Waals surface area contributed by atoms with Crippen molar-refractivity contribution in [2.45, 2.75) is 37.9 Å². The molecule has 0 saturated carbocycles. The van der Waals surface area contributed by atoms with E-state index in [9.17, 15) is 22.8 Å². The second-order valence-electron chi connectivity index (χ2n) is 5.52. The predicted molar refractivity (Wildman–Crippen MR) is 67.3 cm³/mol. The highest BCUT2D eigenvalue weighted by molar-refractivity contribution is 5.78. The average Bonchev–Trinajstić information content (AvgIpc) is 2.41. The molecule has 5 nitrogen and oxygen atoms in total. The molecule has 0 aromatic rings. The summed E-state index contributed by atoms with van der Waals surface area (Å²) in [7, 11) is 0. The number of piperidine rings is 2. The summed E-state index contributed by atoms with van der Waals surface area (Å²) < 4.78 is 40.1. The van der Waals surface area contributed by atoms with E-state index in [-0.39, 0.29) is 36.8 Å². The highest BCUT2D eigenvalue weighted by Crippen LogP contribution is 2.25. The van der Waals surface area contributed by atoms with Gasteiger partial charge in [-0.2, -0.15) is 13.2 Å². The molecule has 0 aliphatic carbocycles. The van der Waals surface area contributed by atoms with Crippen LogP contribution in [0.3, 0.4) is 0 Å². The van der Waals surface area contributed by atoms with E-state index in [1.54, 1.807) is 4.90 Å². The lowest BCUT2D eigenvalue weighted by molar-refractivity contribution is -0.175. The summed E-state index contributed by atoms with van der Waals surface area (Å²) in [6.45, 7) is -0.459. The van der Waals surface area contributed by atoms with Gasteiger partial charge in [0, 0.05) is 25.6 Å². The van der Waals surface area contributed by atoms with Gasteiger partial charge in [0.1, 0.15) is 6.61 Å². The van der Waals surface area contributed by atoms with Gasteiger partial charge in [0.15, 0.2) is 0 Å². The Labute approximate surface area is 120 Å². The van der Waals surface area contributed by atoms with Crippen LogP contribution in [0.5, 0.6) is 0 Å². The number of rotatable bonds is 4. The molecule has 120 valence electrons. The first-order valence-electron chi connectivity index (χ1n) is 7.07. The predicted octanol–water partition coefficient (Wildman–Crippen LogP) is 1.08. The molecular weight excluding hydrogens is 289 g/mol. The largest absolute Gasteiger partial charge is 0.411 e. The Bertz CT molecular complexity index is 401. The van der Waals surface area contributed by atoms with Gasteiger partial charge >= 0.3 is 6.18 Å². The molecule has 2 heterocycles. The number of carbonyl (C=O) groups excluding carboxylic acids is 2. The molecule has 1 N–H and O–H groups in total. The van der Waals surface area contributed by atoms with Gasteiger partial charge in [-0.15, -0.1) is 0 Å². The van der Waals surface area contributed by atoms with Crippen molar-refractivity contribution >= 4 is 11.8 Å². The fourth-order valence-corrected chi connectivity index (χ4v) is 2.84. The molecule has 2 fully saturated rings. The van der Waals surface area contributed by atoms with Crippen LogP contribution in [0, 0.1) is 5.92 Å². The molecule has 0 aromatic heterocycles. The Hall–Kier alpha value is -1.31. The van der Waals surface area contributed by atoms with Crippen LogP contribution in [0.25, 0.3) is 0 Å². The number of likely N-dealkylation sites (tertiary alicyclic amines) is 1. The third-order valence-corrected chi connectivity index (χ3v) is 3.90. The lowest BCUT2D eigenvalue weighted by Crippen LogP contribution is -2.55. The molecule has 0 spiro atoms. The maximum Gasteiger partial charge on any atom is 0.411 e. The molecule has 8 heteroatoms. The lowest BCUT2D eigenvalue weighted by atomic mass is 9.85. The van der Waals surface area contributed by atoms with Crippen LogP contribution in [0.15, 0.2) is 0 Å². The van der Waals surface area contributed by atoms with Crippen LogP contribution in [-0.2, 0) is 14.3 Å². The van der Waals surface area contributed by atoms with Crippen molar-refractivity contribution in [3.8, 4) is 0 Å². The number of ether oxygens (including phenoxy) is 1. The zero-order valence-electron chi connectivity index (χ0n) is 11.6. The standard InChI is InChI=1S/C13H19F3N2O3/c14-13(15,16)8-21-6-4-12(20)18-5-3-10-9(7-18)1-2-11(19)17-10/h9-10H,1-8H2,(H,17,19). The smallest absolute Gasteiger partial charge is 0.372 e. The van der Waals surface area contributed by atoms with Crippen LogP contribution in [0.4, 0.5) is 13.2 Å². The molecule has 2 amide bonds. The van der Waals surface area contributed by atoms with Gasteiger partial charge in [0.05, 0.1) is 13.0 Å². The van der Waals surface area contributed by atoms with Crippen LogP contribution < -0.4 is 5.32 Å². The van der Waals surface area contributed by atoms with E-state index in [0.29, 0.717) is 25.9 Å². The SMILES string of the molecule is O=C1CCC2CN(C(=O)CCOCC(F)(F)F)CCC2N1. The third-order valence-electron chi connectivity index (χ3n) is 3.90. The summed E-state index contributed by atoms with van der Waals surface area (Å²) >= 11 is 0. The second-order valence-corrected chi connectivity index (χ2v) is 5.52. The van der Waals surface area contributed by atoms with Crippen LogP contribution in [0.1, 0.15) is 25.7 Å². The minimum absolute atomic E-state index is 0.0418. The highest BCUT2D eigenvalue weighted by atomic mass is 19.4. The second kappa shape index (κ2) is 6.64. The topological polar surface area (TPSA) is 58.6 Å². The summed E-state index contributed by atoms with van der Waals surface area (Å²) in [5.41, 5.74) is 0. The van der Waals surface area contributed by atoms with Crippen LogP contribution >= 0.6 is 0 Å². The van der Waals surface area contributed by atoms with E-state index in [1.165, 1.54) is 0 Å². The van der Waals surface area contributed by atoms with Crippen LogP contribution in [-0.4, -0.2) is 55.2 Å². The third kappa shape index (κ3) is 4.87. The first-order chi connectivity index (χ1) is 9.85. The Balaban J connectivity index is 1.70. The number of hydrogen-bond donors (Lipinski definition) is 1. The van der Waals surface area contributed by atoms with Crippen molar-refractivity contribution in [3.63, 3.8) is 0 Å². The monoisotopic (exact) mass is 308 g/mol. The van der Waals surface area contributed by atoms with E-state index in [4.69, 9.17) is 0 Å². The van der Waals surface area contributed by atoms with E-state index < -0.39 is 12.8 Å². The van der Waals surface area contributed by atoms with Gasteiger partial charge < -0.3 is 15.0 Å². The molecule has 2 atom stereocenters. The molecule has 0 aromatic carbocycles. The van der Waals surface area contributed by atoms with Crippen molar-refractivity contribution in [1.82, 2.24) is 10.2 Å². The number of nitrogens with one attached hydrogen (secondary N) is 1. The number of hydrogen-bond acceptors (Lipinski definition) is 3. The first kappa shape index (κ1) is 16.1. The quantitative estimate of drug-likeness (QED) is 0.791. The van der Waals surface area contributed by atoms with Gasteiger partial charge in [0.2, 0.25) is 11.8 Å². The number of fused-ring (bicyclic) bond motifs is 1. The Kier molecular flexibility index (Phi) is 5.08. The van der Waals surface area contributed by atoms with Crippen molar-refractivity contribution in [1.29, 1.82) is 0 Å². The molecule has 2 saturated heterocycles. The summed E-state index contributed by atoms with van der Waals surface area (Å²) in [4.78, 5) is 24.9. The maximum atomic E-state index is 11.9. The summed E-state index contributed by atoms with van der Waals surface area (Å²) in [6.07, 6.45) is -2.48. The molecule has 2 rings (SSSR count). The maximum absolute atomic E-state index is 11.9. The molecule has 2 unspecified atom stereocenters. The molecule has 2 aliphatic heterocycles. The fraction of sp³-hybridized carbons (Fsp3) is 0.846. The number of carbonyl (C=O) groups is 2. The summed E-state index contributed by atoms with van der Waals surface area (Å²) in [6, 6.07) is 0.122. The number of alkyl halides is 3. The Morgan fingerprint density at radius 1 is 1.38 bits per heavy atom. The normalized spacial score (nSPS) is 26.2. The Morgan fingerprint density at radius 2 is 2.14 bits per heavy atom. The number of amides is 2. The first-order valence-corrected chi connectivity index (χ1v) is 7.07. The van der Waals surface area contributed by atoms with Crippen molar-refractivity contribution in [2.24, 2.45) is 5.92 Å². The molecule has 21 heavy (non-hydrogen) atoms. The molecule has 2 aliphatic rings. The van der Waals surface area contributed by atoms with Gasteiger partial charge in [-0.25, -0.2) is 0 Å². The minimum Gasteiger partial charge on any atom is -0.372 e. The van der Waals surface area contributed by atoms with Gasteiger partial charge in [0.25, 0.3) is 0 Å². The minimum atomic E-state index is -4.36. The Morgan fingerprint density at radius 3 is 2.86 bits per heavy atom. The molecule has 0 bridgehead atoms. The van der Waals surface area contributed by atoms with E-state index >= 15 is 0 Å². The summed E-state index contributed by atoms with van der Waals surface area (Å²) in [5, 5.41) is 2.92. The molecule has 0 radical (unpaired) electrons. The van der Waals surface area contributed by atoms with Gasteiger partial charge in [-0.05, 0) is 18.8 Å². The zero-order chi connectivity index (χ0) is 15.5. The number of nitrogens with zero attached hydrogens (tertiary/aromatic N) is 1. The number of halogens is 3. The fourth-order valence-electron chi connectivity index (χ4n) is 2.84. The molecular formula is C13H19F3N2O3. The van der Waals surface area contributed by atoms with E-state index in [2.05, 4.69) is 10.1 Å². The van der Waals surface area contributed by atoms with Crippen molar-refractivity contribution in [3.05, 3.63) is 0 Å². The van der Waals surface area contributed by atoms with Gasteiger partial charge in [-0.1, -0.05) is 0 Å². The summed E-state index contributed by atoms with van der Waals surface area (Å²) in [5.74, 6) is 0.112. The van der Waals surface area contributed by atoms with Crippen molar-refractivity contribution < 1.29 is 27.5 Å². The van der Waals surface area contributed by atoms with Crippen molar-refractivity contribution in [2.75, 3.05) is 26.3 Å². The average molecular weight is 308 g/mol. The van der Waals surface area contributed by atoms with E-state index in [0.717, 1.165) is 6.42 Å².